The van der Waals surface area contributed by atoms with Crippen LogP contribution in [0.4, 0.5) is 0 Å². The quantitative estimate of drug-likeness (QED) is 0.685. The summed E-state index contributed by atoms with van der Waals surface area (Å²) >= 11 is 0. The molecule has 0 saturated heterocycles. The van der Waals surface area contributed by atoms with Crippen LogP contribution in [0.15, 0.2) is 4.99 Å². The van der Waals surface area contributed by atoms with Gasteiger partial charge in [0.15, 0.2) is 5.96 Å². The molecule has 0 saturated carbocycles. The lowest BCUT2D eigenvalue weighted by molar-refractivity contribution is 0.310. The molecule has 1 rings (SSSR count). The van der Waals surface area contributed by atoms with Crippen molar-refractivity contribution in [1.82, 2.24) is 9.80 Å². The molecule has 1 aliphatic heterocycles. The molecule has 0 aromatic rings. The van der Waals surface area contributed by atoms with Crippen LogP contribution in [0.2, 0.25) is 0 Å². The van der Waals surface area contributed by atoms with Gasteiger partial charge in [-0.1, -0.05) is 13.8 Å². The van der Waals surface area contributed by atoms with Gasteiger partial charge in [-0.05, 0) is 19.3 Å². The lowest BCUT2D eigenvalue weighted by Crippen LogP contribution is -2.42. The fraction of sp³-hybridized carbons (Fsp3) is 0.909. The maximum atomic E-state index is 4.54. The highest BCUT2D eigenvalue weighted by Crippen LogP contribution is 2.13. The largest absolute Gasteiger partial charge is 0.349 e. The van der Waals surface area contributed by atoms with Crippen LogP contribution < -0.4 is 0 Å². The summed E-state index contributed by atoms with van der Waals surface area (Å²) in [5.41, 5.74) is 0. The van der Waals surface area contributed by atoms with Crippen LogP contribution in [0.5, 0.6) is 0 Å². The summed E-state index contributed by atoms with van der Waals surface area (Å²) in [4.78, 5) is 9.08. The Labute approximate surface area is 87.8 Å². The molecule has 14 heavy (non-hydrogen) atoms. The summed E-state index contributed by atoms with van der Waals surface area (Å²) in [6, 6.07) is 0.575. The zero-order chi connectivity index (χ0) is 10.7. The van der Waals surface area contributed by atoms with Crippen molar-refractivity contribution in [3.05, 3.63) is 0 Å². The van der Waals surface area contributed by atoms with E-state index in [2.05, 4.69) is 49.7 Å². The molecule has 0 amide bonds. The second kappa shape index (κ2) is 4.67. The highest BCUT2D eigenvalue weighted by molar-refractivity contribution is 5.81. The first-order valence-electron chi connectivity index (χ1n) is 5.50. The van der Waals surface area contributed by atoms with Gasteiger partial charge < -0.3 is 9.80 Å². The number of hydrogen-bond donors (Lipinski definition) is 0. The van der Waals surface area contributed by atoms with Gasteiger partial charge in [0.2, 0.25) is 0 Å². The molecular weight excluding hydrogens is 174 g/mol. The topological polar surface area (TPSA) is 18.8 Å². The van der Waals surface area contributed by atoms with Crippen molar-refractivity contribution in [2.75, 3.05) is 27.2 Å². The van der Waals surface area contributed by atoms with Crippen LogP contribution in [-0.4, -0.2) is 49.0 Å². The second-order valence-electron chi connectivity index (χ2n) is 4.76. The zero-order valence-electron chi connectivity index (χ0n) is 10.1. The Morgan fingerprint density at radius 2 is 2.14 bits per heavy atom. The minimum absolute atomic E-state index is 0.575. The molecule has 0 bridgehead atoms. The molecular formula is C11H23N3. The van der Waals surface area contributed by atoms with E-state index in [9.17, 15) is 0 Å². The Balaban J connectivity index is 2.51. The maximum Gasteiger partial charge on any atom is 0.196 e. The molecule has 0 aromatic heterocycles. The van der Waals surface area contributed by atoms with Gasteiger partial charge in [0.25, 0.3) is 0 Å². The first-order valence-corrected chi connectivity index (χ1v) is 5.50. The number of hydrogen-bond acceptors (Lipinski definition) is 3. The second-order valence-corrected chi connectivity index (χ2v) is 4.76. The third-order valence-corrected chi connectivity index (χ3v) is 2.63. The molecule has 3 heteroatoms. The molecule has 0 radical (unpaired) electrons. The van der Waals surface area contributed by atoms with E-state index < -0.39 is 0 Å². The van der Waals surface area contributed by atoms with E-state index in [1.54, 1.807) is 0 Å². The molecule has 1 atom stereocenters. The van der Waals surface area contributed by atoms with Gasteiger partial charge in [-0.25, -0.2) is 0 Å². The van der Waals surface area contributed by atoms with Crippen molar-refractivity contribution in [3.63, 3.8) is 0 Å². The van der Waals surface area contributed by atoms with Crippen molar-refractivity contribution in [2.45, 2.75) is 33.2 Å². The van der Waals surface area contributed by atoms with Crippen LogP contribution in [0.1, 0.15) is 27.2 Å². The Hall–Kier alpha value is -0.730. The maximum absolute atomic E-state index is 4.54. The summed E-state index contributed by atoms with van der Waals surface area (Å²) in [6.45, 7) is 8.88. The standard InChI is InChI=1S/C11H23N3/c1-9(2)6-7-14-10(3)8-12-11(14)13(4)5/h9-10H,6-8H2,1-5H3. The van der Waals surface area contributed by atoms with Crippen molar-refractivity contribution in [3.8, 4) is 0 Å². The smallest absolute Gasteiger partial charge is 0.196 e. The van der Waals surface area contributed by atoms with Gasteiger partial charge in [-0.2, -0.15) is 0 Å². The van der Waals surface area contributed by atoms with Gasteiger partial charge in [0.1, 0.15) is 0 Å². The van der Waals surface area contributed by atoms with Crippen molar-refractivity contribution in [2.24, 2.45) is 10.9 Å². The van der Waals surface area contributed by atoms with Crippen LogP contribution in [-0.2, 0) is 0 Å². The molecule has 0 aromatic carbocycles. The van der Waals surface area contributed by atoms with Gasteiger partial charge in [-0.3, -0.25) is 4.99 Å². The summed E-state index contributed by atoms with van der Waals surface area (Å²) in [6.07, 6.45) is 1.25. The molecule has 3 nitrogen and oxygen atoms in total. The Kier molecular flexibility index (Phi) is 3.78. The summed E-state index contributed by atoms with van der Waals surface area (Å²) in [5.74, 6) is 1.92. The number of guanidine groups is 1. The van der Waals surface area contributed by atoms with Gasteiger partial charge in [0.05, 0.1) is 6.54 Å². The van der Waals surface area contributed by atoms with Gasteiger partial charge in [0, 0.05) is 26.7 Å². The predicted octanol–water partition coefficient (Wildman–Crippen LogP) is 1.65. The molecule has 0 aliphatic carbocycles. The fourth-order valence-corrected chi connectivity index (χ4v) is 1.72. The zero-order valence-corrected chi connectivity index (χ0v) is 10.1. The van der Waals surface area contributed by atoms with Crippen LogP contribution in [0.3, 0.4) is 0 Å². The predicted molar refractivity (Wildman–Crippen MR) is 61.6 cm³/mol. The number of rotatable bonds is 3. The minimum Gasteiger partial charge on any atom is -0.349 e. The average molecular weight is 197 g/mol. The summed E-state index contributed by atoms with van der Waals surface area (Å²) in [5, 5.41) is 0. The minimum atomic E-state index is 0.575. The summed E-state index contributed by atoms with van der Waals surface area (Å²) < 4.78 is 0. The monoisotopic (exact) mass is 197 g/mol. The molecule has 82 valence electrons. The van der Waals surface area contributed by atoms with Crippen LogP contribution >= 0.6 is 0 Å². The average Bonchev–Trinajstić information content (AvgIpc) is 2.43. The van der Waals surface area contributed by atoms with E-state index in [0.29, 0.717) is 6.04 Å². The first-order chi connectivity index (χ1) is 6.52. The van der Waals surface area contributed by atoms with Crippen molar-refractivity contribution in [1.29, 1.82) is 0 Å². The third-order valence-electron chi connectivity index (χ3n) is 2.63. The van der Waals surface area contributed by atoms with E-state index >= 15 is 0 Å². The Bertz CT molecular complexity index is 209. The van der Waals surface area contributed by atoms with Crippen LogP contribution in [0, 0.1) is 5.92 Å². The highest BCUT2D eigenvalue weighted by Gasteiger charge is 2.24. The first kappa shape index (κ1) is 11.3. The lowest BCUT2D eigenvalue weighted by Gasteiger charge is -2.29. The van der Waals surface area contributed by atoms with E-state index in [1.165, 1.54) is 6.42 Å². The normalized spacial score (nSPS) is 21.7. The Morgan fingerprint density at radius 3 is 2.64 bits per heavy atom. The van der Waals surface area contributed by atoms with E-state index in [0.717, 1.165) is 25.0 Å². The third kappa shape index (κ3) is 2.63. The molecule has 1 aliphatic rings. The lowest BCUT2D eigenvalue weighted by atomic mass is 10.1. The molecule has 0 fully saturated rings. The van der Waals surface area contributed by atoms with Crippen molar-refractivity contribution < 1.29 is 0 Å². The number of nitrogens with zero attached hydrogens (tertiary/aromatic N) is 3. The summed E-state index contributed by atoms with van der Waals surface area (Å²) in [7, 11) is 4.14. The van der Waals surface area contributed by atoms with Crippen LogP contribution in [0.25, 0.3) is 0 Å². The highest BCUT2D eigenvalue weighted by atomic mass is 15.4. The number of aliphatic imine (C=N–C) groups is 1. The Morgan fingerprint density at radius 1 is 1.50 bits per heavy atom. The molecule has 1 unspecified atom stereocenters. The van der Waals surface area contributed by atoms with Crippen molar-refractivity contribution >= 4 is 5.96 Å². The SMILES string of the molecule is CC(C)CCN1C(N(C)C)=NCC1C. The van der Waals surface area contributed by atoms with E-state index in [-0.39, 0.29) is 0 Å². The molecule has 1 heterocycles. The fourth-order valence-electron chi connectivity index (χ4n) is 1.72. The van der Waals surface area contributed by atoms with Gasteiger partial charge in [-0.15, -0.1) is 0 Å². The van der Waals surface area contributed by atoms with E-state index in [4.69, 9.17) is 0 Å². The van der Waals surface area contributed by atoms with E-state index in [1.807, 2.05) is 0 Å². The molecule has 0 N–H and O–H groups in total. The molecule has 0 spiro atoms. The van der Waals surface area contributed by atoms with Gasteiger partial charge >= 0.3 is 0 Å².